The zero-order valence-electron chi connectivity index (χ0n) is 15.2. The number of ether oxygens (including phenoxy) is 2. The highest BCUT2D eigenvalue weighted by Gasteiger charge is 2.06. The number of primary amides is 1. The molecule has 0 aliphatic heterocycles. The molecule has 26 heavy (non-hydrogen) atoms. The monoisotopic (exact) mass is 355 g/mol. The Kier molecular flexibility index (Phi) is 7.05. The number of methoxy groups -OCH3 is 1. The van der Waals surface area contributed by atoms with Crippen LogP contribution in [0.1, 0.15) is 18.1 Å². The molecule has 138 valence electrons. The lowest BCUT2D eigenvalue weighted by Gasteiger charge is -2.13. The van der Waals surface area contributed by atoms with E-state index in [4.69, 9.17) is 15.2 Å². The number of hydrogen-bond donors (Lipinski definition) is 3. The second kappa shape index (κ2) is 9.48. The number of carbonyl (C=O) groups excluding carboxylic acids is 1. The van der Waals surface area contributed by atoms with Gasteiger partial charge in [-0.15, -0.1) is 0 Å². The van der Waals surface area contributed by atoms with Gasteiger partial charge in [0.1, 0.15) is 6.61 Å². The van der Waals surface area contributed by atoms with Gasteiger partial charge in [0, 0.05) is 18.8 Å². The van der Waals surface area contributed by atoms with Gasteiger partial charge in [-0.3, -0.25) is 0 Å². The first-order chi connectivity index (χ1) is 12.5. The van der Waals surface area contributed by atoms with Gasteiger partial charge in [0.2, 0.25) is 0 Å². The number of urea groups is 1. The van der Waals surface area contributed by atoms with Crippen molar-refractivity contribution >= 4 is 11.7 Å². The van der Waals surface area contributed by atoms with E-state index in [0.29, 0.717) is 36.9 Å². The van der Waals surface area contributed by atoms with Crippen LogP contribution in [0.3, 0.4) is 0 Å². The van der Waals surface area contributed by atoms with E-state index in [9.17, 15) is 4.79 Å². The van der Waals surface area contributed by atoms with E-state index in [2.05, 4.69) is 17.2 Å². The number of benzene rings is 2. The molecule has 2 aromatic carbocycles. The highest BCUT2D eigenvalue weighted by Crippen LogP contribution is 2.28. The topological polar surface area (TPSA) is 85.6 Å². The van der Waals surface area contributed by atoms with Gasteiger partial charge in [0.15, 0.2) is 11.5 Å². The van der Waals surface area contributed by atoms with Crippen LogP contribution < -0.4 is 25.8 Å². The first-order valence-corrected chi connectivity index (χ1v) is 8.28. The number of rotatable bonds is 9. The van der Waals surface area contributed by atoms with Crippen molar-refractivity contribution in [2.75, 3.05) is 19.0 Å². The minimum Gasteiger partial charge on any atom is -0.493 e. The molecule has 0 saturated carbocycles. The van der Waals surface area contributed by atoms with Crippen molar-refractivity contribution in [3.05, 3.63) is 65.7 Å². The fraction of sp³-hybridized carbons (Fsp3) is 0.250. The summed E-state index contributed by atoms with van der Waals surface area (Å²) in [6, 6.07) is 12.8. The van der Waals surface area contributed by atoms with Crippen molar-refractivity contribution in [1.29, 1.82) is 0 Å². The second-order valence-electron chi connectivity index (χ2n) is 6.02. The van der Waals surface area contributed by atoms with Gasteiger partial charge in [0.25, 0.3) is 0 Å². The quantitative estimate of drug-likeness (QED) is 0.602. The van der Waals surface area contributed by atoms with Gasteiger partial charge < -0.3 is 25.8 Å². The predicted octanol–water partition coefficient (Wildman–Crippen LogP) is 3.43. The fourth-order valence-electron chi connectivity index (χ4n) is 2.34. The zero-order chi connectivity index (χ0) is 18.9. The number of anilines is 1. The van der Waals surface area contributed by atoms with Crippen LogP contribution >= 0.6 is 0 Å². The van der Waals surface area contributed by atoms with Crippen molar-refractivity contribution in [3.8, 4) is 11.5 Å². The number of nitrogens with one attached hydrogen (secondary N) is 2. The van der Waals surface area contributed by atoms with Crippen LogP contribution in [-0.2, 0) is 13.1 Å². The van der Waals surface area contributed by atoms with Gasteiger partial charge in [-0.1, -0.05) is 24.8 Å². The Morgan fingerprint density at radius 3 is 2.35 bits per heavy atom. The molecule has 0 aromatic heterocycles. The molecule has 2 amide bonds. The Hall–Kier alpha value is -2.99. The van der Waals surface area contributed by atoms with E-state index >= 15 is 0 Å². The maximum atomic E-state index is 10.8. The molecule has 0 heterocycles. The summed E-state index contributed by atoms with van der Waals surface area (Å²) in [4.78, 5) is 10.8. The summed E-state index contributed by atoms with van der Waals surface area (Å²) >= 11 is 0. The molecule has 0 unspecified atom stereocenters. The summed E-state index contributed by atoms with van der Waals surface area (Å²) < 4.78 is 11.1. The smallest absolute Gasteiger partial charge is 0.316 e. The molecular weight excluding hydrogens is 330 g/mol. The average molecular weight is 355 g/mol. The molecule has 0 fully saturated rings. The Bertz CT molecular complexity index is 757. The van der Waals surface area contributed by atoms with E-state index in [1.165, 1.54) is 0 Å². The van der Waals surface area contributed by atoms with Crippen LogP contribution in [0.25, 0.3) is 0 Å². The van der Waals surface area contributed by atoms with Crippen molar-refractivity contribution in [3.63, 3.8) is 0 Å². The third-order valence-electron chi connectivity index (χ3n) is 3.58. The fourth-order valence-corrected chi connectivity index (χ4v) is 2.34. The van der Waals surface area contributed by atoms with Crippen molar-refractivity contribution in [2.24, 2.45) is 5.73 Å². The molecular formula is C20H25N3O3. The van der Waals surface area contributed by atoms with E-state index in [0.717, 1.165) is 16.7 Å². The lowest BCUT2D eigenvalue weighted by atomic mass is 10.1. The van der Waals surface area contributed by atoms with Crippen LogP contribution in [-0.4, -0.2) is 19.7 Å². The molecule has 0 aliphatic carbocycles. The lowest BCUT2D eigenvalue weighted by Crippen LogP contribution is -2.19. The SMILES string of the molecule is C=C(C)COc1cc(CNCc2ccc(NC(N)=O)cc2)ccc1OC. The third kappa shape index (κ3) is 6.14. The highest BCUT2D eigenvalue weighted by atomic mass is 16.5. The minimum absolute atomic E-state index is 0.457. The number of hydrogen-bond acceptors (Lipinski definition) is 4. The van der Waals surface area contributed by atoms with Gasteiger partial charge >= 0.3 is 6.03 Å². The Balaban J connectivity index is 1.91. The molecule has 0 saturated heterocycles. The van der Waals surface area contributed by atoms with Crippen molar-refractivity contribution < 1.29 is 14.3 Å². The molecule has 6 nitrogen and oxygen atoms in total. The van der Waals surface area contributed by atoms with Crippen LogP contribution in [0.2, 0.25) is 0 Å². The third-order valence-corrected chi connectivity index (χ3v) is 3.58. The van der Waals surface area contributed by atoms with Crippen molar-refractivity contribution in [1.82, 2.24) is 5.32 Å². The van der Waals surface area contributed by atoms with E-state index in [1.807, 2.05) is 49.4 Å². The molecule has 4 N–H and O–H groups in total. The molecule has 0 bridgehead atoms. The maximum Gasteiger partial charge on any atom is 0.316 e. The normalized spacial score (nSPS) is 10.2. The largest absolute Gasteiger partial charge is 0.493 e. The Morgan fingerprint density at radius 2 is 1.73 bits per heavy atom. The van der Waals surface area contributed by atoms with Crippen LogP contribution in [0.5, 0.6) is 11.5 Å². The first kappa shape index (κ1) is 19.3. The van der Waals surface area contributed by atoms with Gasteiger partial charge in [-0.25, -0.2) is 4.79 Å². The first-order valence-electron chi connectivity index (χ1n) is 8.28. The summed E-state index contributed by atoms with van der Waals surface area (Å²) in [6.07, 6.45) is 0. The summed E-state index contributed by atoms with van der Waals surface area (Å²) in [5, 5.41) is 5.92. The zero-order valence-corrected chi connectivity index (χ0v) is 15.2. The number of nitrogens with two attached hydrogens (primary N) is 1. The van der Waals surface area contributed by atoms with E-state index in [1.54, 1.807) is 7.11 Å². The molecule has 2 aromatic rings. The highest BCUT2D eigenvalue weighted by molar-refractivity contribution is 5.87. The molecule has 0 radical (unpaired) electrons. The molecule has 0 spiro atoms. The summed E-state index contributed by atoms with van der Waals surface area (Å²) in [5.74, 6) is 1.41. The summed E-state index contributed by atoms with van der Waals surface area (Å²) in [6.45, 7) is 7.61. The Morgan fingerprint density at radius 1 is 1.08 bits per heavy atom. The summed E-state index contributed by atoms with van der Waals surface area (Å²) in [5.41, 5.74) is 8.91. The lowest BCUT2D eigenvalue weighted by molar-refractivity contribution is 0.259. The van der Waals surface area contributed by atoms with E-state index in [-0.39, 0.29) is 0 Å². The Labute approximate surface area is 154 Å². The number of carbonyl (C=O) groups is 1. The molecule has 0 aliphatic rings. The maximum absolute atomic E-state index is 10.8. The summed E-state index contributed by atoms with van der Waals surface area (Å²) in [7, 11) is 1.62. The standard InChI is InChI=1S/C20H25N3O3/c1-14(2)13-26-19-10-16(6-9-18(19)25-3)12-22-11-15-4-7-17(8-5-15)23-20(21)24/h4-10,22H,1,11-13H2,2-3H3,(H3,21,23,24). The van der Waals surface area contributed by atoms with Crippen LogP contribution in [0, 0.1) is 0 Å². The number of amides is 2. The van der Waals surface area contributed by atoms with Crippen molar-refractivity contribution in [2.45, 2.75) is 20.0 Å². The molecule has 6 heteroatoms. The van der Waals surface area contributed by atoms with Gasteiger partial charge in [0.05, 0.1) is 7.11 Å². The van der Waals surface area contributed by atoms with Crippen LogP contribution in [0.15, 0.2) is 54.6 Å². The minimum atomic E-state index is -0.569. The molecule has 2 rings (SSSR count). The van der Waals surface area contributed by atoms with Gasteiger partial charge in [-0.05, 0) is 47.9 Å². The van der Waals surface area contributed by atoms with E-state index < -0.39 is 6.03 Å². The van der Waals surface area contributed by atoms with Gasteiger partial charge in [-0.2, -0.15) is 0 Å². The molecule has 0 atom stereocenters. The second-order valence-corrected chi connectivity index (χ2v) is 6.02. The van der Waals surface area contributed by atoms with Crippen LogP contribution in [0.4, 0.5) is 10.5 Å². The average Bonchev–Trinajstić information content (AvgIpc) is 2.61. The predicted molar refractivity (Wildman–Crippen MR) is 103 cm³/mol.